The lowest BCUT2D eigenvalue weighted by atomic mass is 9.79. The van der Waals surface area contributed by atoms with Gasteiger partial charge in [-0.25, -0.2) is 4.79 Å². The van der Waals surface area contributed by atoms with Crippen LogP contribution in [-0.4, -0.2) is 33.0 Å². The lowest BCUT2D eigenvalue weighted by Gasteiger charge is -2.07. The molecule has 2 aromatic carbocycles. The molecular weight excluding hydrogens is 335 g/mol. The predicted octanol–water partition coefficient (Wildman–Crippen LogP) is 0.540. The molecule has 25 heavy (non-hydrogen) atoms. The minimum absolute atomic E-state index is 0.172. The second kappa shape index (κ2) is 7.51. The molecule has 10 nitrogen and oxygen atoms in total. The smallest absolute Gasteiger partial charge is 0.457 e. The van der Waals surface area contributed by atoms with Crippen LogP contribution in [0, 0.1) is 20.2 Å². The third-order valence-electron chi connectivity index (χ3n) is 3.18. The summed E-state index contributed by atoms with van der Waals surface area (Å²) in [5.41, 5.74) is -0.808. The highest BCUT2D eigenvalue weighted by Crippen LogP contribution is 2.16. The first kappa shape index (κ1) is 18.0. The van der Waals surface area contributed by atoms with Crippen molar-refractivity contribution in [2.24, 2.45) is 0 Å². The summed E-state index contributed by atoms with van der Waals surface area (Å²) in [7, 11) is -2.00. The Hall–Kier alpha value is -3.31. The number of carbonyl (C=O) groups is 1. The van der Waals surface area contributed by atoms with Crippen LogP contribution in [0.3, 0.4) is 0 Å². The van der Waals surface area contributed by atoms with Crippen LogP contribution in [0.4, 0.5) is 11.4 Å². The normalized spacial score (nSPS) is 10.2. The van der Waals surface area contributed by atoms with Gasteiger partial charge in [-0.05, 0) is 17.1 Å². The Balaban J connectivity index is 2.19. The summed E-state index contributed by atoms with van der Waals surface area (Å²) in [6.07, 6.45) is 0. The van der Waals surface area contributed by atoms with Gasteiger partial charge in [0.2, 0.25) is 0 Å². The Labute approximate surface area is 140 Å². The Kier molecular flexibility index (Phi) is 5.42. The Morgan fingerprint density at radius 2 is 1.72 bits per heavy atom. The SMILES string of the molecule is O=C(OCc1cccc([N+](=O)[O-])c1)c1cc(B(O)O)cc([N+](=O)[O-])c1. The fourth-order valence-corrected chi connectivity index (χ4v) is 2.00. The first-order chi connectivity index (χ1) is 11.8. The summed E-state index contributed by atoms with van der Waals surface area (Å²) in [4.78, 5) is 32.2. The van der Waals surface area contributed by atoms with Gasteiger partial charge in [0.05, 0.1) is 15.4 Å². The maximum absolute atomic E-state index is 12.0. The van der Waals surface area contributed by atoms with Gasteiger partial charge in [0.25, 0.3) is 11.4 Å². The quantitative estimate of drug-likeness (QED) is 0.332. The van der Waals surface area contributed by atoms with E-state index in [9.17, 15) is 25.0 Å². The molecule has 0 heterocycles. The molecule has 11 heteroatoms. The van der Waals surface area contributed by atoms with Crippen molar-refractivity contribution in [2.75, 3.05) is 0 Å². The predicted molar refractivity (Wildman–Crippen MR) is 85.1 cm³/mol. The zero-order chi connectivity index (χ0) is 18.6. The molecule has 0 aliphatic heterocycles. The van der Waals surface area contributed by atoms with Gasteiger partial charge in [-0.2, -0.15) is 0 Å². The Morgan fingerprint density at radius 1 is 1.04 bits per heavy atom. The van der Waals surface area contributed by atoms with Crippen molar-refractivity contribution in [1.29, 1.82) is 0 Å². The van der Waals surface area contributed by atoms with Gasteiger partial charge in [-0.1, -0.05) is 12.1 Å². The van der Waals surface area contributed by atoms with Crippen LogP contribution in [0.5, 0.6) is 0 Å². The van der Waals surface area contributed by atoms with Crippen molar-refractivity contribution in [3.63, 3.8) is 0 Å². The number of hydrogen-bond donors (Lipinski definition) is 2. The summed E-state index contributed by atoms with van der Waals surface area (Å²) in [5.74, 6) is -0.947. The van der Waals surface area contributed by atoms with Crippen molar-refractivity contribution < 1.29 is 29.4 Å². The van der Waals surface area contributed by atoms with E-state index in [2.05, 4.69) is 0 Å². The van der Waals surface area contributed by atoms with E-state index in [-0.39, 0.29) is 23.3 Å². The molecule has 2 aromatic rings. The molecule has 0 spiro atoms. The number of esters is 1. The van der Waals surface area contributed by atoms with E-state index in [1.54, 1.807) is 0 Å². The molecule has 0 amide bonds. The lowest BCUT2D eigenvalue weighted by Crippen LogP contribution is -2.30. The lowest BCUT2D eigenvalue weighted by molar-refractivity contribution is -0.385. The second-order valence-electron chi connectivity index (χ2n) is 4.95. The first-order valence-corrected chi connectivity index (χ1v) is 6.84. The van der Waals surface area contributed by atoms with Crippen LogP contribution in [0.1, 0.15) is 15.9 Å². The van der Waals surface area contributed by atoms with Gasteiger partial charge < -0.3 is 14.8 Å². The van der Waals surface area contributed by atoms with E-state index < -0.39 is 28.6 Å². The van der Waals surface area contributed by atoms with Crippen LogP contribution >= 0.6 is 0 Å². The van der Waals surface area contributed by atoms with Gasteiger partial charge in [0, 0.05) is 24.3 Å². The number of nitro benzene ring substituents is 2. The number of carbonyl (C=O) groups excluding carboxylic acids is 1. The topological polar surface area (TPSA) is 153 Å². The van der Waals surface area contributed by atoms with Gasteiger partial charge in [-0.15, -0.1) is 0 Å². The third kappa shape index (κ3) is 4.59. The van der Waals surface area contributed by atoms with Crippen LogP contribution < -0.4 is 5.46 Å². The van der Waals surface area contributed by atoms with Crippen molar-refractivity contribution in [3.05, 3.63) is 73.8 Å². The molecule has 2 rings (SSSR count). The summed E-state index contributed by atoms with van der Waals surface area (Å²) in [6, 6.07) is 8.34. The molecule has 0 atom stereocenters. The molecule has 0 bridgehead atoms. The molecular formula is C14H11BN2O8. The highest BCUT2D eigenvalue weighted by Gasteiger charge is 2.21. The maximum Gasteiger partial charge on any atom is 0.488 e. The summed E-state index contributed by atoms with van der Waals surface area (Å²) < 4.78 is 4.97. The average molecular weight is 346 g/mol. The Morgan fingerprint density at radius 3 is 2.32 bits per heavy atom. The zero-order valence-electron chi connectivity index (χ0n) is 12.6. The van der Waals surface area contributed by atoms with Crippen molar-refractivity contribution >= 4 is 29.9 Å². The molecule has 0 fully saturated rings. The molecule has 128 valence electrons. The summed E-state index contributed by atoms with van der Waals surface area (Å²) in [5, 5.41) is 39.8. The fourth-order valence-electron chi connectivity index (χ4n) is 2.00. The number of rotatable bonds is 6. The van der Waals surface area contributed by atoms with E-state index in [1.165, 1.54) is 24.3 Å². The van der Waals surface area contributed by atoms with Crippen LogP contribution in [-0.2, 0) is 11.3 Å². The fraction of sp³-hybridized carbons (Fsp3) is 0.0714. The van der Waals surface area contributed by atoms with Gasteiger partial charge >= 0.3 is 13.1 Å². The molecule has 0 aromatic heterocycles. The monoisotopic (exact) mass is 346 g/mol. The summed E-state index contributed by atoms with van der Waals surface area (Å²) >= 11 is 0. The van der Waals surface area contributed by atoms with Crippen molar-refractivity contribution in [2.45, 2.75) is 6.61 Å². The minimum atomic E-state index is -2.00. The van der Waals surface area contributed by atoms with Gasteiger partial charge in [-0.3, -0.25) is 20.2 Å². The molecule has 0 unspecified atom stereocenters. The van der Waals surface area contributed by atoms with Gasteiger partial charge in [0.15, 0.2) is 0 Å². The average Bonchev–Trinajstić information content (AvgIpc) is 2.59. The number of nitro groups is 2. The van der Waals surface area contributed by atoms with E-state index in [0.29, 0.717) is 5.56 Å². The van der Waals surface area contributed by atoms with Crippen molar-refractivity contribution in [3.8, 4) is 0 Å². The first-order valence-electron chi connectivity index (χ1n) is 6.84. The highest BCUT2D eigenvalue weighted by molar-refractivity contribution is 6.58. The number of nitrogens with zero attached hydrogens (tertiary/aromatic N) is 2. The molecule has 0 saturated heterocycles. The number of benzene rings is 2. The largest absolute Gasteiger partial charge is 0.488 e. The highest BCUT2D eigenvalue weighted by atomic mass is 16.6. The molecule has 0 aliphatic rings. The van der Waals surface area contributed by atoms with Crippen LogP contribution in [0.15, 0.2) is 42.5 Å². The summed E-state index contributed by atoms with van der Waals surface area (Å²) in [6.45, 7) is -0.291. The molecule has 0 aliphatic carbocycles. The van der Waals surface area contributed by atoms with Crippen LogP contribution in [0.25, 0.3) is 0 Å². The molecule has 2 N–H and O–H groups in total. The second-order valence-corrected chi connectivity index (χ2v) is 4.95. The Bertz CT molecular complexity index is 839. The minimum Gasteiger partial charge on any atom is -0.457 e. The zero-order valence-corrected chi connectivity index (χ0v) is 12.6. The van der Waals surface area contributed by atoms with E-state index >= 15 is 0 Å². The number of non-ortho nitro benzene ring substituents is 2. The number of hydrogen-bond acceptors (Lipinski definition) is 8. The van der Waals surface area contributed by atoms with E-state index in [4.69, 9.17) is 14.8 Å². The van der Waals surface area contributed by atoms with Crippen molar-refractivity contribution in [1.82, 2.24) is 0 Å². The van der Waals surface area contributed by atoms with Gasteiger partial charge in [0.1, 0.15) is 6.61 Å². The third-order valence-corrected chi connectivity index (χ3v) is 3.18. The maximum atomic E-state index is 12.0. The molecule has 0 radical (unpaired) electrons. The molecule has 0 saturated carbocycles. The number of ether oxygens (including phenoxy) is 1. The standard InChI is InChI=1S/C14H11BN2O8/c18-14(25-8-9-2-1-3-12(4-9)16(21)22)10-5-11(15(19)20)7-13(6-10)17(23)24/h1-7,19-20H,8H2. The van der Waals surface area contributed by atoms with E-state index in [1.807, 2.05) is 0 Å². The van der Waals surface area contributed by atoms with E-state index in [0.717, 1.165) is 18.2 Å². The van der Waals surface area contributed by atoms with Crippen LogP contribution in [0.2, 0.25) is 0 Å².